The fourth-order valence-corrected chi connectivity index (χ4v) is 2.79. The number of pyridine rings is 1. The van der Waals surface area contributed by atoms with Gasteiger partial charge in [-0.05, 0) is 56.5 Å². The molecule has 1 aliphatic carbocycles. The molecule has 104 valence electrons. The Kier molecular flexibility index (Phi) is 4.97. The van der Waals surface area contributed by atoms with Gasteiger partial charge in [0, 0.05) is 12.7 Å². The van der Waals surface area contributed by atoms with Crippen LogP contribution in [0.25, 0.3) is 5.57 Å². The summed E-state index contributed by atoms with van der Waals surface area (Å²) < 4.78 is 5.29. The molecule has 0 N–H and O–H groups in total. The Bertz CT molecular complexity index is 440. The van der Waals surface area contributed by atoms with E-state index in [9.17, 15) is 0 Å². The molecule has 0 aromatic carbocycles. The van der Waals surface area contributed by atoms with Crippen LogP contribution in [0.5, 0.6) is 5.75 Å². The molecule has 1 aromatic heterocycles. The van der Waals surface area contributed by atoms with Crippen molar-refractivity contribution in [1.82, 2.24) is 9.88 Å². The van der Waals surface area contributed by atoms with Gasteiger partial charge in [-0.15, -0.1) is 0 Å². The van der Waals surface area contributed by atoms with Crippen molar-refractivity contribution in [1.29, 1.82) is 0 Å². The van der Waals surface area contributed by atoms with E-state index in [1.165, 1.54) is 36.8 Å². The first-order valence-electron chi connectivity index (χ1n) is 7.05. The molecule has 0 spiro atoms. The highest BCUT2D eigenvalue weighted by atomic mass is 16.5. The predicted molar refractivity (Wildman–Crippen MR) is 79.3 cm³/mol. The zero-order valence-corrected chi connectivity index (χ0v) is 12.2. The van der Waals surface area contributed by atoms with Crippen molar-refractivity contribution in [2.75, 3.05) is 27.7 Å². The van der Waals surface area contributed by atoms with Gasteiger partial charge in [0.1, 0.15) is 5.75 Å². The third-order valence-corrected chi connectivity index (χ3v) is 3.68. The standard InChI is InChI=1S/C16H24N2O/c1-18(2)12-13-7-5-4-6-8-16(13)14-9-15(19-3)11-17-10-14/h8-11,13H,4-7,12H2,1-3H3. The van der Waals surface area contributed by atoms with E-state index in [-0.39, 0.29) is 0 Å². The van der Waals surface area contributed by atoms with Gasteiger partial charge in [-0.1, -0.05) is 12.5 Å². The van der Waals surface area contributed by atoms with Gasteiger partial charge in [0.25, 0.3) is 0 Å². The topological polar surface area (TPSA) is 25.4 Å². The summed E-state index contributed by atoms with van der Waals surface area (Å²) in [6.45, 7) is 1.10. The molecule has 1 unspecified atom stereocenters. The highest BCUT2D eigenvalue weighted by molar-refractivity contribution is 5.68. The average molecular weight is 260 g/mol. The zero-order chi connectivity index (χ0) is 13.7. The van der Waals surface area contributed by atoms with E-state index in [0.717, 1.165) is 12.3 Å². The minimum atomic E-state index is 0.603. The molecule has 1 heterocycles. The molecule has 0 radical (unpaired) electrons. The van der Waals surface area contributed by atoms with Gasteiger partial charge < -0.3 is 9.64 Å². The highest BCUT2D eigenvalue weighted by Crippen LogP contribution is 2.32. The highest BCUT2D eigenvalue weighted by Gasteiger charge is 2.19. The van der Waals surface area contributed by atoms with E-state index in [1.807, 2.05) is 6.20 Å². The predicted octanol–water partition coefficient (Wildman–Crippen LogP) is 3.23. The fraction of sp³-hybridized carbons (Fsp3) is 0.562. The summed E-state index contributed by atoms with van der Waals surface area (Å²) >= 11 is 0. The lowest BCUT2D eigenvalue weighted by Crippen LogP contribution is -2.22. The molecule has 0 fully saturated rings. The van der Waals surface area contributed by atoms with Crippen LogP contribution in [0, 0.1) is 5.92 Å². The first-order valence-corrected chi connectivity index (χ1v) is 7.05. The lowest BCUT2D eigenvalue weighted by atomic mass is 9.90. The van der Waals surface area contributed by atoms with Gasteiger partial charge in [0.05, 0.1) is 13.3 Å². The van der Waals surface area contributed by atoms with Crippen LogP contribution in [0.1, 0.15) is 31.2 Å². The van der Waals surface area contributed by atoms with Crippen LogP contribution < -0.4 is 4.74 Å². The number of ether oxygens (including phenoxy) is 1. The van der Waals surface area contributed by atoms with Crippen LogP contribution in [-0.4, -0.2) is 37.6 Å². The first-order chi connectivity index (χ1) is 9.20. The van der Waals surface area contributed by atoms with Crippen molar-refractivity contribution < 1.29 is 4.74 Å². The van der Waals surface area contributed by atoms with Crippen LogP contribution in [0.2, 0.25) is 0 Å². The van der Waals surface area contributed by atoms with Crippen LogP contribution in [-0.2, 0) is 0 Å². The van der Waals surface area contributed by atoms with Gasteiger partial charge in [0.2, 0.25) is 0 Å². The lowest BCUT2D eigenvalue weighted by Gasteiger charge is -2.23. The van der Waals surface area contributed by atoms with Crippen molar-refractivity contribution >= 4 is 5.57 Å². The quantitative estimate of drug-likeness (QED) is 0.831. The van der Waals surface area contributed by atoms with Crippen LogP contribution in [0.3, 0.4) is 0 Å². The molecule has 1 atom stereocenters. The molecular formula is C16H24N2O. The minimum absolute atomic E-state index is 0.603. The van der Waals surface area contributed by atoms with Gasteiger partial charge in [-0.3, -0.25) is 4.98 Å². The first kappa shape index (κ1) is 14.1. The van der Waals surface area contributed by atoms with Crippen molar-refractivity contribution in [3.05, 3.63) is 30.1 Å². The minimum Gasteiger partial charge on any atom is -0.495 e. The summed E-state index contributed by atoms with van der Waals surface area (Å²) in [7, 11) is 5.98. The smallest absolute Gasteiger partial charge is 0.137 e. The van der Waals surface area contributed by atoms with E-state index in [0.29, 0.717) is 5.92 Å². The Morgan fingerprint density at radius 1 is 1.32 bits per heavy atom. The van der Waals surface area contributed by atoms with E-state index in [2.05, 4.69) is 36.1 Å². The monoisotopic (exact) mass is 260 g/mol. The molecule has 1 aliphatic rings. The number of aromatic nitrogens is 1. The van der Waals surface area contributed by atoms with Gasteiger partial charge in [-0.25, -0.2) is 0 Å². The summed E-state index contributed by atoms with van der Waals surface area (Å²) in [5.74, 6) is 1.44. The lowest BCUT2D eigenvalue weighted by molar-refractivity contribution is 0.351. The Labute approximate surface area is 116 Å². The third-order valence-electron chi connectivity index (χ3n) is 3.68. The second-order valence-corrected chi connectivity index (χ2v) is 5.52. The fourth-order valence-electron chi connectivity index (χ4n) is 2.79. The maximum absolute atomic E-state index is 5.29. The van der Waals surface area contributed by atoms with Gasteiger partial charge >= 0.3 is 0 Å². The largest absolute Gasteiger partial charge is 0.495 e. The molecular weight excluding hydrogens is 236 g/mol. The van der Waals surface area contributed by atoms with Crippen molar-refractivity contribution in [2.24, 2.45) is 5.92 Å². The Balaban J connectivity index is 2.28. The second kappa shape index (κ2) is 6.71. The van der Waals surface area contributed by atoms with Gasteiger partial charge in [0.15, 0.2) is 0 Å². The SMILES string of the molecule is COc1cncc(C2=CCCCCC2CN(C)C)c1. The molecule has 0 amide bonds. The molecule has 19 heavy (non-hydrogen) atoms. The number of hydrogen-bond donors (Lipinski definition) is 0. The van der Waals surface area contributed by atoms with Crippen molar-refractivity contribution in [3.8, 4) is 5.75 Å². The molecule has 3 nitrogen and oxygen atoms in total. The van der Waals surface area contributed by atoms with E-state index < -0.39 is 0 Å². The maximum Gasteiger partial charge on any atom is 0.137 e. The molecule has 0 saturated heterocycles. The number of nitrogens with zero attached hydrogens (tertiary/aromatic N) is 2. The third kappa shape index (κ3) is 3.80. The Hall–Kier alpha value is -1.35. The molecule has 1 aromatic rings. The summed E-state index contributed by atoms with van der Waals surface area (Å²) in [6.07, 6.45) is 11.2. The number of hydrogen-bond acceptors (Lipinski definition) is 3. The Morgan fingerprint density at radius 2 is 2.16 bits per heavy atom. The molecule has 3 heteroatoms. The summed E-state index contributed by atoms with van der Waals surface area (Å²) in [5.41, 5.74) is 2.66. The average Bonchev–Trinajstić information content (AvgIpc) is 2.63. The molecule has 0 saturated carbocycles. The van der Waals surface area contributed by atoms with Crippen LogP contribution in [0.15, 0.2) is 24.5 Å². The van der Waals surface area contributed by atoms with Crippen LogP contribution in [0.4, 0.5) is 0 Å². The van der Waals surface area contributed by atoms with Gasteiger partial charge in [-0.2, -0.15) is 0 Å². The molecule has 2 rings (SSSR count). The summed E-state index contributed by atoms with van der Waals surface area (Å²) in [4.78, 5) is 6.57. The summed E-state index contributed by atoms with van der Waals surface area (Å²) in [6, 6.07) is 2.10. The van der Waals surface area contributed by atoms with E-state index >= 15 is 0 Å². The summed E-state index contributed by atoms with van der Waals surface area (Å²) in [5, 5.41) is 0. The Morgan fingerprint density at radius 3 is 2.89 bits per heavy atom. The van der Waals surface area contributed by atoms with Crippen molar-refractivity contribution in [2.45, 2.75) is 25.7 Å². The molecule has 0 bridgehead atoms. The second-order valence-electron chi connectivity index (χ2n) is 5.52. The molecule has 0 aliphatic heterocycles. The van der Waals surface area contributed by atoms with Crippen molar-refractivity contribution in [3.63, 3.8) is 0 Å². The van der Waals surface area contributed by atoms with E-state index in [4.69, 9.17) is 4.74 Å². The maximum atomic E-state index is 5.29. The number of rotatable bonds is 4. The normalized spacial score (nSPS) is 20.0. The van der Waals surface area contributed by atoms with Crippen LogP contribution >= 0.6 is 0 Å². The number of methoxy groups -OCH3 is 1. The zero-order valence-electron chi connectivity index (χ0n) is 12.2. The van der Waals surface area contributed by atoms with E-state index in [1.54, 1.807) is 13.3 Å². The number of allylic oxidation sites excluding steroid dienone is 1.